The molecule has 7 atom stereocenters. The number of rotatable bonds is 17. The minimum absolute atomic E-state index is 0.00723. The number of imidazole rings is 1. The zero-order chi connectivity index (χ0) is 59.1. The van der Waals surface area contributed by atoms with Crippen molar-refractivity contribution in [1.29, 1.82) is 0 Å². The topological polar surface area (TPSA) is 365 Å². The maximum absolute atomic E-state index is 15.4. The minimum atomic E-state index is -2.56. The number of azide groups is 1. The van der Waals surface area contributed by atoms with Crippen molar-refractivity contribution in [2.45, 2.75) is 119 Å². The molecule has 2 heterocycles. The summed E-state index contributed by atoms with van der Waals surface area (Å²) in [4.78, 5) is 134. The molecule has 31 heteroatoms. The number of nitrogens with one attached hydrogen (secondary N) is 8. The number of carboxylic acids is 1. The highest BCUT2D eigenvalue weighted by atomic mass is 32.2. The van der Waals surface area contributed by atoms with Crippen LogP contribution in [-0.4, -0.2) is 154 Å². The van der Waals surface area contributed by atoms with E-state index in [1.54, 1.807) is 6.26 Å². The molecular formula is C49H62F6N14O10S. The van der Waals surface area contributed by atoms with Crippen molar-refractivity contribution < 1.29 is 74.6 Å². The Kier molecular flexibility index (Phi) is 26.0. The van der Waals surface area contributed by atoms with Gasteiger partial charge < -0.3 is 57.9 Å². The summed E-state index contributed by atoms with van der Waals surface area (Å²) in [6, 6.07) is -6.74. The lowest BCUT2D eigenvalue weighted by atomic mass is 10.00. The van der Waals surface area contributed by atoms with Crippen molar-refractivity contribution in [2.75, 3.05) is 38.7 Å². The van der Waals surface area contributed by atoms with Gasteiger partial charge in [-0.25, -0.2) is 31.3 Å². The molecule has 436 valence electrons. The average molecular weight is 1150 g/mol. The van der Waals surface area contributed by atoms with Crippen LogP contribution in [0.4, 0.5) is 26.3 Å². The third kappa shape index (κ3) is 19.5. The quantitative estimate of drug-likeness (QED) is 0.0174. The Morgan fingerprint density at radius 1 is 0.750 bits per heavy atom. The van der Waals surface area contributed by atoms with E-state index in [4.69, 9.17) is 11.3 Å². The Bertz CT molecular complexity index is 2710. The summed E-state index contributed by atoms with van der Waals surface area (Å²) < 4.78 is 89.4. The Morgan fingerprint density at radius 2 is 1.36 bits per heavy atom. The van der Waals surface area contributed by atoms with Gasteiger partial charge in [-0.15, -0.1) is 0 Å². The van der Waals surface area contributed by atoms with E-state index in [0.717, 1.165) is 11.0 Å². The molecular weight excluding hydrogens is 1090 g/mol. The van der Waals surface area contributed by atoms with Gasteiger partial charge in [0.1, 0.15) is 42.1 Å². The number of aliphatic carboxylic acids is 1. The monoisotopic (exact) mass is 1150 g/mol. The lowest BCUT2D eigenvalue weighted by Crippen LogP contribution is -2.60. The fraction of sp³-hybridized carbons (Fsp3) is 0.510. The van der Waals surface area contributed by atoms with Crippen molar-refractivity contribution in [3.63, 3.8) is 0 Å². The molecule has 0 bridgehead atoms. The van der Waals surface area contributed by atoms with Gasteiger partial charge >= 0.3 is 5.97 Å². The van der Waals surface area contributed by atoms with Crippen LogP contribution in [0.2, 0.25) is 0 Å². The molecule has 4 rings (SSSR count). The highest BCUT2D eigenvalue weighted by Crippen LogP contribution is 2.25. The second kappa shape index (κ2) is 32.2. The number of halogens is 6. The van der Waals surface area contributed by atoms with Gasteiger partial charge in [-0.3, -0.25) is 43.2 Å². The maximum Gasteiger partial charge on any atom is 0.303 e. The van der Waals surface area contributed by atoms with E-state index >= 15 is 13.2 Å². The van der Waals surface area contributed by atoms with Crippen molar-refractivity contribution in [1.82, 2.24) is 52.1 Å². The number of unbranched alkanes of at least 4 members (excludes halogenated alkanes) is 1. The molecule has 1 aromatic heterocycles. The molecule has 1 aliphatic rings. The van der Waals surface area contributed by atoms with Crippen LogP contribution in [0, 0.1) is 34.9 Å². The van der Waals surface area contributed by atoms with Crippen molar-refractivity contribution in [2.24, 2.45) is 10.8 Å². The van der Waals surface area contributed by atoms with E-state index in [9.17, 15) is 61.4 Å². The van der Waals surface area contributed by atoms with Crippen LogP contribution in [0.3, 0.4) is 0 Å². The molecule has 11 N–H and O–H groups in total. The molecule has 3 aromatic rings. The summed E-state index contributed by atoms with van der Waals surface area (Å²) in [5, 5.41) is 29.4. The summed E-state index contributed by atoms with van der Waals surface area (Å²) in [7, 11) is 1.25. The molecule has 1 fully saturated rings. The lowest BCUT2D eigenvalue weighted by molar-refractivity contribution is -0.142. The third-order valence-electron chi connectivity index (χ3n) is 12.7. The standard InChI is InChI=1S/C49H62F6N14O10S/c1-69-35(20-26-22-58-24-61-26)48(78)59-16-7-5-11-29(56)43(73)64-30(13-14-37(71)72)45(75)65-31(15-18-80-2)44(74)60-23-36(70)63-34(21-27-38(51)40(53)42(55)41(54)39(27)52)47(77)67-33(19-25-9-3-4-10-28(25)50)46(76)66-32(49(69)79)12-6-8-17-62-68-57/h3-4,9-10,22,24,29-35H,5-8,11-21,23,56H2,1-2H3,(H,58,61)(H,59,78)(H,60,74)(H,63,70)(H,64,73)(H,65,75)(H,66,76)(H,67,77)(H,71,72)/t29-,30-,31-,32-,33-,34-,35-/m0/s1. The van der Waals surface area contributed by atoms with Crippen molar-refractivity contribution >= 4 is 65.0 Å². The fourth-order valence-electron chi connectivity index (χ4n) is 8.20. The first-order valence-corrected chi connectivity index (χ1v) is 26.5. The molecule has 24 nitrogen and oxygen atoms in total. The zero-order valence-electron chi connectivity index (χ0n) is 43.4. The van der Waals surface area contributed by atoms with Crippen molar-refractivity contribution in [3.05, 3.63) is 99.0 Å². The van der Waals surface area contributed by atoms with Gasteiger partial charge in [-0.2, -0.15) is 11.8 Å². The molecule has 0 aliphatic carbocycles. The van der Waals surface area contributed by atoms with E-state index in [-0.39, 0.29) is 75.8 Å². The molecule has 80 heavy (non-hydrogen) atoms. The van der Waals surface area contributed by atoms with Gasteiger partial charge in [0.05, 0.1) is 24.6 Å². The Morgan fingerprint density at radius 3 is 2.00 bits per heavy atom. The average Bonchev–Trinajstić information content (AvgIpc) is 3.96. The summed E-state index contributed by atoms with van der Waals surface area (Å²) >= 11 is 1.22. The summed E-state index contributed by atoms with van der Waals surface area (Å²) in [6.07, 6.45) is 1.21. The van der Waals surface area contributed by atoms with E-state index in [2.05, 4.69) is 51.9 Å². The number of carbonyl (C=O) groups is 9. The number of carboxylic acid groups (broad SMARTS) is 1. The first kappa shape index (κ1) is 64.6. The number of hydrogen-bond donors (Lipinski definition) is 10. The van der Waals surface area contributed by atoms with E-state index in [0.29, 0.717) is 5.69 Å². The Balaban J connectivity index is 1.84. The smallest absolute Gasteiger partial charge is 0.303 e. The van der Waals surface area contributed by atoms with E-state index in [1.807, 2.05) is 5.32 Å². The van der Waals surface area contributed by atoms with Gasteiger partial charge in [0.2, 0.25) is 53.1 Å². The van der Waals surface area contributed by atoms with Gasteiger partial charge in [0, 0.05) is 62.5 Å². The van der Waals surface area contributed by atoms with Crippen LogP contribution in [0.25, 0.3) is 10.4 Å². The predicted octanol–water partition coefficient (Wildman–Crippen LogP) is 1.37. The van der Waals surface area contributed by atoms with Crippen LogP contribution in [0.5, 0.6) is 0 Å². The number of aromatic nitrogens is 2. The summed E-state index contributed by atoms with van der Waals surface area (Å²) in [6.45, 7) is -1.18. The second-order valence-corrected chi connectivity index (χ2v) is 19.4. The number of nitrogens with two attached hydrogens (primary N) is 1. The number of thioether (sulfide) groups is 1. The number of benzene rings is 2. The first-order chi connectivity index (χ1) is 38.1. The first-order valence-electron chi connectivity index (χ1n) is 25.1. The minimum Gasteiger partial charge on any atom is -0.481 e. The van der Waals surface area contributed by atoms with Gasteiger partial charge in [-0.1, -0.05) is 29.7 Å². The highest BCUT2D eigenvalue weighted by Gasteiger charge is 2.37. The number of amides is 8. The molecule has 0 spiro atoms. The fourth-order valence-corrected chi connectivity index (χ4v) is 8.67. The predicted molar refractivity (Wildman–Crippen MR) is 274 cm³/mol. The number of likely N-dealkylation sites (N-methyl/N-ethyl adjacent to an activating group) is 1. The number of carbonyl (C=O) groups excluding carboxylic acids is 8. The van der Waals surface area contributed by atoms with E-state index < -0.39 is 168 Å². The van der Waals surface area contributed by atoms with Crippen LogP contribution in [0.1, 0.15) is 74.6 Å². The van der Waals surface area contributed by atoms with Crippen LogP contribution < -0.4 is 43.0 Å². The largest absolute Gasteiger partial charge is 0.481 e. The molecule has 8 amide bonds. The Labute approximate surface area is 458 Å². The third-order valence-corrected chi connectivity index (χ3v) is 13.3. The zero-order valence-corrected chi connectivity index (χ0v) is 44.2. The SMILES string of the molecule is CSCC[C@@H]1NC(=O)[C@H](CCC(=O)O)NC(=O)[C@@H](N)CCCCNC(=O)[C@H](Cc2c[nH]cn2)N(C)C(=O)[C@H](CCCCN=[N+]=[N-])NC(=O)[C@H](Cc2ccccc2F)NC(=O)[C@H](Cc2c(F)c(F)c(F)c(F)c2F)NC(=O)CNC1=O. The second-order valence-electron chi connectivity index (χ2n) is 18.4. The van der Waals surface area contributed by atoms with Gasteiger partial charge in [0.15, 0.2) is 23.3 Å². The molecule has 1 aliphatic heterocycles. The summed E-state index contributed by atoms with van der Waals surface area (Å²) in [5.74, 6) is -23.0. The lowest BCUT2D eigenvalue weighted by Gasteiger charge is -2.32. The molecule has 0 unspecified atom stereocenters. The Hall–Kier alpha value is -7.92. The van der Waals surface area contributed by atoms with Crippen LogP contribution in [0.15, 0.2) is 41.9 Å². The van der Waals surface area contributed by atoms with Gasteiger partial charge in [-0.05, 0) is 74.1 Å². The molecule has 0 saturated carbocycles. The molecule has 0 radical (unpaired) electrons. The molecule has 2 aromatic carbocycles. The highest BCUT2D eigenvalue weighted by molar-refractivity contribution is 7.98. The normalized spacial score (nSPS) is 22.0. The number of aromatic amines is 1. The van der Waals surface area contributed by atoms with Crippen molar-refractivity contribution in [3.8, 4) is 0 Å². The van der Waals surface area contributed by atoms with Crippen LogP contribution in [-0.2, 0) is 62.4 Å². The van der Waals surface area contributed by atoms with Crippen LogP contribution >= 0.6 is 11.8 Å². The molecule has 1 saturated heterocycles. The van der Waals surface area contributed by atoms with Gasteiger partial charge in [0.25, 0.3) is 0 Å². The van der Waals surface area contributed by atoms with E-state index in [1.165, 1.54) is 49.5 Å². The number of H-pyrrole nitrogens is 1. The number of nitrogens with zero attached hydrogens (tertiary/aromatic N) is 5. The number of hydrogen-bond acceptors (Lipinski definition) is 13. The maximum atomic E-state index is 15.4. The summed E-state index contributed by atoms with van der Waals surface area (Å²) in [5.41, 5.74) is 13.5.